The summed E-state index contributed by atoms with van der Waals surface area (Å²) in [7, 11) is -3.87. The largest absolute Gasteiger partial charge is 0.254 e. The number of sulfone groups is 1. The van der Waals surface area contributed by atoms with Gasteiger partial charge in [0.15, 0.2) is 10.4 Å². The summed E-state index contributed by atoms with van der Waals surface area (Å²) in [6, 6.07) is 9.42. The molecule has 1 atom stereocenters. The number of nitrogens with zero attached hydrogens (tertiary/aromatic N) is 3. The molecule has 0 fully saturated rings. The van der Waals surface area contributed by atoms with E-state index in [-0.39, 0.29) is 15.7 Å². The number of aromatic nitrogens is 2. The van der Waals surface area contributed by atoms with E-state index in [0.29, 0.717) is 0 Å². The van der Waals surface area contributed by atoms with Crippen molar-refractivity contribution in [3.8, 4) is 6.07 Å². The SMILES string of the molecule is N#CC(c1nccnc1Cl)S(=O)(=O)c1ccccc1. The van der Waals surface area contributed by atoms with Crippen LogP contribution in [-0.2, 0) is 9.84 Å². The lowest BCUT2D eigenvalue weighted by molar-refractivity contribution is 0.590. The molecule has 0 spiro atoms. The first kappa shape index (κ1) is 13.5. The summed E-state index contributed by atoms with van der Waals surface area (Å²) >= 11 is 5.80. The van der Waals surface area contributed by atoms with Crippen molar-refractivity contribution in [3.63, 3.8) is 0 Å². The van der Waals surface area contributed by atoms with E-state index in [1.165, 1.54) is 24.5 Å². The fraction of sp³-hybridized carbons (Fsp3) is 0.0833. The molecule has 96 valence electrons. The van der Waals surface area contributed by atoms with Crippen LogP contribution in [0.1, 0.15) is 10.9 Å². The highest BCUT2D eigenvalue weighted by Crippen LogP contribution is 2.29. The molecule has 0 bridgehead atoms. The fourth-order valence-corrected chi connectivity index (χ4v) is 3.22. The Hall–Kier alpha value is -1.97. The molecule has 0 amide bonds. The van der Waals surface area contributed by atoms with E-state index >= 15 is 0 Å². The molecular weight excluding hydrogens is 286 g/mol. The molecule has 1 aromatic carbocycles. The summed E-state index contributed by atoms with van der Waals surface area (Å²) in [5.41, 5.74) is -0.0597. The van der Waals surface area contributed by atoms with E-state index in [9.17, 15) is 8.42 Å². The Morgan fingerprint density at radius 2 is 1.79 bits per heavy atom. The lowest BCUT2D eigenvalue weighted by atomic mass is 10.3. The maximum Gasteiger partial charge on any atom is 0.200 e. The number of hydrogen-bond acceptors (Lipinski definition) is 5. The maximum absolute atomic E-state index is 12.4. The van der Waals surface area contributed by atoms with Crippen LogP contribution < -0.4 is 0 Å². The van der Waals surface area contributed by atoms with Gasteiger partial charge in [-0.3, -0.25) is 4.98 Å². The third-order valence-corrected chi connectivity index (χ3v) is 4.60. The average Bonchev–Trinajstić information content (AvgIpc) is 2.42. The Morgan fingerprint density at radius 3 is 2.37 bits per heavy atom. The first-order valence-corrected chi connectivity index (χ1v) is 7.15. The topological polar surface area (TPSA) is 83.7 Å². The zero-order chi connectivity index (χ0) is 13.9. The Bertz CT molecular complexity index is 726. The quantitative estimate of drug-likeness (QED) is 0.866. The molecule has 0 aliphatic heterocycles. The zero-order valence-corrected chi connectivity index (χ0v) is 11.1. The highest BCUT2D eigenvalue weighted by molar-refractivity contribution is 7.92. The Labute approximate surface area is 115 Å². The van der Waals surface area contributed by atoms with Crippen LogP contribution in [0.3, 0.4) is 0 Å². The van der Waals surface area contributed by atoms with Gasteiger partial charge < -0.3 is 0 Å². The molecule has 1 heterocycles. The van der Waals surface area contributed by atoms with Crippen molar-refractivity contribution in [2.24, 2.45) is 0 Å². The van der Waals surface area contributed by atoms with Crippen molar-refractivity contribution in [1.29, 1.82) is 5.26 Å². The second-order valence-electron chi connectivity index (χ2n) is 3.60. The van der Waals surface area contributed by atoms with Crippen molar-refractivity contribution in [2.75, 3.05) is 0 Å². The number of hydrogen-bond donors (Lipinski definition) is 0. The summed E-state index contributed by atoms with van der Waals surface area (Å²) < 4.78 is 24.7. The number of nitriles is 1. The normalized spacial score (nSPS) is 12.6. The van der Waals surface area contributed by atoms with Gasteiger partial charge in [0, 0.05) is 12.4 Å². The van der Waals surface area contributed by atoms with Gasteiger partial charge in [0.05, 0.1) is 11.0 Å². The van der Waals surface area contributed by atoms with Crippen molar-refractivity contribution >= 4 is 21.4 Å². The summed E-state index contributed by atoms with van der Waals surface area (Å²) in [5.74, 6) is 0. The number of benzene rings is 1. The van der Waals surface area contributed by atoms with Crippen molar-refractivity contribution < 1.29 is 8.42 Å². The van der Waals surface area contributed by atoms with E-state index in [0.717, 1.165) is 0 Å². The Balaban J connectivity index is 2.56. The number of halogens is 1. The Morgan fingerprint density at radius 1 is 1.16 bits per heavy atom. The summed E-state index contributed by atoms with van der Waals surface area (Å²) in [6.45, 7) is 0. The standard InChI is InChI=1S/C12H8ClN3O2S/c13-12-11(15-6-7-16-12)10(8-14)19(17,18)9-4-2-1-3-5-9/h1-7,10H. The van der Waals surface area contributed by atoms with Crippen LogP contribution in [0.2, 0.25) is 5.15 Å². The van der Waals surface area contributed by atoms with Crippen LogP contribution in [0.25, 0.3) is 0 Å². The molecule has 0 N–H and O–H groups in total. The molecule has 0 aliphatic rings. The van der Waals surface area contributed by atoms with Crippen LogP contribution in [0.5, 0.6) is 0 Å². The minimum atomic E-state index is -3.87. The zero-order valence-electron chi connectivity index (χ0n) is 9.56. The second-order valence-corrected chi connectivity index (χ2v) is 5.99. The van der Waals surface area contributed by atoms with Crippen LogP contribution in [-0.4, -0.2) is 18.4 Å². The lowest BCUT2D eigenvalue weighted by Gasteiger charge is -2.10. The molecule has 0 radical (unpaired) electrons. The highest BCUT2D eigenvalue weighted by atomic mass is 35.5. The van der Waals surface area contributed by atoms with Crippen molar-refractivity contribution in [3.05, 3.63) is 53.6 Å². The minimum Gasteiger partial charge on any atom is -0.254 e. The van der Waals surface area contributed by atoms with Crippen LogP contribution in [0, 0.1) is 11.3 Å². The molecule has 2 rings (SSSR count). The minimum absolute atomic E-state index is 0.0447. The van der Waals surface area contributed by atoms with Gasteiger partial charge in [-0.05, 0) is 12.1 Å². The van der Waals surface area contributed by atoms with Crippen LogP contribution in [0.4, 0.5) is 0 Å². The highest BCUT2D eigenvalue weighted by Gasteiger charge is 2.32. The molecule has 1 unspecified atom stereocenters. The van der Waals surface area contributed by atoms with Crippen molar-refractivity contribution in [2.45, 2.75) is 10.1 Å². The number of rotatable bonds is 3. The molecule has 0 aliphatic carbocycles. The van der Waals surface area contributed by atoms with Gasteiger partial charge in [-0.25, -0.2) is 13.4 Å². The van der Waals surface area contributed by atoms with E-state index < -0.39 is 15.1 Å². The predicted octanol–water partition coefficient (Wildman–Crippen LogP) is 2.17. The van der Waals surface area contributed by atoms with Gasteiger partial charge in [0.25, 0.3) is 0 Å². The fourth-order valence-electron chi connectivity index (χ4n) is 1.53. The first-order valence-electron chi connectivity index (χ1n) is 5.22. The van der Waals surface area contributed by atoms with Gasteiger partial charge in [0.2, 0.25) is 9.84 Å². The van der Waals surface area contributed by atoms with Crippen molar-refractivity contribution in [1.82, 2.24) is 9.97 Å². The van der Waals surface area contributed by atoms with E-state index in [1.807, 2.05) is 0 Å². The predicted molar refractivity (Wildman–Crippen MR) is 69.0 cm³/mol. The summed E-state index contributed by atoms with van der Waals surface area (Å²) in [4.78, 5) is 7.63. The van der Waals surface area contributed by atoms with Gasteiger partial charge in [-0.15, -0.1) is 0 Å². The van der Waals surface area contributed by atoms with Crippen LogP contribution >= 0.6 is 11.6 Å². The second kappa shape index (κ2) is 5.34. The summed E-state index contributed by atoms with van der Waals surface area (Å²) in [5, 5.41) is 7.58. The monoisotopic (exact) mass is 293 g/mol. The Kier molecular flexibility index (Phi) is 3.79. The molecule has 1 aromatic heterocycles. The molecule has 5 nitrogen and oxygen atoms in total. The van der Waals surface area contributed by atoms with Gasteiger partial charge in [-0.2, -0.15) is 5.26 Å². The third-order valence-electron chi connectivity index (χ3n) is 2.43. The smallest absolute Gasteiger partial charge is 0.200 e. The first-order chi connectivity index (χ1) is 9.07. The lowest BCUT2D eigenvalue weighted by Crippen LogP contribution is -2.14. The molecule has 0 saturated heterocycles. The third kappa shape index (κ3) is 2.57. The van der Waals surface area contributed by atoms with E-state index in [2.05, 4.69) is 9.97 Å². The molecule has 0 saturated carbocycles. The van der Waals surface area contributed by atoms with Gasteiger partial charge in [-0.1, -0.05) is 29.8 Å². The molecule has 7 heteroatoms. The summed E-state index contributed by atoms with van der Waals surface area (Å²) in [6.07, 6.45) is 2.63. The van der Waals surface area contributed by atoms with E-state index in [4.69, 9.17) is 16.9 Å². The average molecular weight is 294 g/mol. The van der Waals surface area contributed by atoms with Crippen LogP contribution in [0.15, 0.2) is 47.6 Å². The maximum atomic E-state index is 12.4. The molecule has 2 aromatic rings. The van der Waals surface area contributed by atoms with E-state index in [1.54, 1.807) is 24.3 Å². The molecular formula is C12H8ClN3O2S. The van der Waals surface area contributed by atoms with Gasteiger partial charge in [0.1, 0.15) is 5.69 Å². The van der Waals surface area contributed by atoms with Gasteiger partial charge >= 0.3 is 0 Å². The molecule has 19 heavy (non-hydrogen) atoms.